The fourth-order valence-electron chi connectivity index (χ4n) is 4.98. The topological polar surface area (TPSA) is 118 Å². The maximum Gasteiger partial charge on any atom is 0.273 e. The van der Waals surface area contributed by atoms with Gasteiger partial charge < -0.3 is 0 Å². The number of Topliss-reactive ketones (excluding diaryl/α,β-unsaturated/α-hetero) is 1. The predicted octanol–water partition coefficient (Wildman–Crippen LogP) is 5.34. The third-order valence-electron chi connectivity index (χ3n) is 6.78. The van der Waals surface area contributed by atoms with Gasteiger partial charge in [-0.15, -0.1) is 34.5 Å². The summed E-state index contributed by atoms with van der Waals surface area (Å²) in [6.45, 7) is -0.736. The molecule has 2 aliphatic carbocycles. The molecule has 198 valence electrons. The van der Waals surface area contributed by atoms with E-state index in [1.807, 2.05) is 0 Å². The minimum absolute atomic E-state index is 0.144. The second kappa shape index (κ2) is 9.05. The maximum atomic E-state index is 13.8. The van der Waals surface area contributed by atoms with Crippen molar-refractivity contribution in [3.8, 4) is 0 Å². The van der Waals surface area contributed by atoms with Crippen LogP contribution in [0.15, 0.2) is 51.8 Å². The molecular weight excluding hydrogens is 647 g/mol. The van der Waals surface area contributed by atoms with E-state index in [0.29, 0.717) is 10.0 Å². The van der Waals surface area contributed by atoms with Crippen LogP contribution in [0.3, 0.4) is 0 Å². The van der Waals surface area contributed by atoms with Crippen LogP contribution in [0.2, 0.25) is 0 Å². The predicted molar refractivity (Wildman–Crippen MR) is 142 cm³/mol. The highest BCUT2D eigenvalue weighted by molar-refractivity contribution is 7.12. The SMILES string of the molecule is O=C(CN(C(=O)c1ccc([N+](=O)[O-])cc1)N1C(=O)[C@@H]2[C@@H](C1=O)[C@@]1(Cl)C(Cl)=C(Cl)[C@@]2(Cl)C1(Cl)Cl)c1cccs1. The zero-order valence-corrected chi connectivity index (χ0v) is 23.7. The molecule has 0 unspecified atom stereocenters. The molecule has 9 nitrogen and oxygen atoms in total. The molecule has 1 aliphatic heterocycles. The molecule has 2 aromatic rings. The van der Waals surface area contributed by atoms with Gasteiger partial charge in [0.25, 0.3) is 23.4 Å². The summed E-state index contributed by atoms with van der Waals surface area (Å²) in [4.78, 5) is 60.6. The van der Waals surface area contributed by atoms with Crippen molar-refractivity contribution < 1.29 is 24.1 Å². The third-order valence-corrected chi connectivity index (χ3v) is 11.9. The van der Waals surface area contributed by atoms with Crippen molar-refractivity contribution in [1.29, 1.82) is 0 Å². The van der Waals surface area contributed by atoms with Crippen LogP contribution < -0.4 is 0 Å². The zero-order chi connectivity index (χ0) is 27.9. The van der Waals surface area contributed by atoms with Crippen LogP contribution in [0.1, 0.15) is 20.0 Å². The van der Waals surface area contributed by atoms with E-state index in [0.717, 1.165) is 35.6 Å². The minimum atomic E-state index is -2.18. The summed E-state index contributed by atoms with van der Waals surface area (Å²) in [6.07, 6.45) is 0. The highest BCUT2D eigenvalue weighted by atomic mass is 35.5. The molecule has 1 saturated carbocycles. The first-order chi connectivity index (χ1) is 17.7. The fourth-order valence-corrected chi connectivity index (χ4v) is 8.56. The largest absolute Gasteiger partial charge is 0.291 e. The van der Waals surface area contributed by atoms with Crippen molar-refractivity contribution in [2.24, 2.45) is 11.8 Å². The van der Waals surface area contributed by atoms with Crippen molar-refractivity contribution >= 4 is 110 Å². The second-order valence-electron chi connectivity index (χ2n) is 8.64. The summed E-state index contributed by atoms with van der Waals surface area (Å²) in [5, 5.41) is 13.2. The van der Waals surface area contributed by atoms with Crippen molar-refractivity contribution in [2.45, 2.75) is 14.1 Å². The number of amides is 3. The van der Waals surface area contributed by atoms with Gasteiger partial charge in [0.1, 0.15) is 16.3 Å². The molecule has 5 rings (SSSR count). The van der Waals surface area contributed by atoms with E-state index in [1.54, 1.807) is 11.4 Å². The lowest BCUT2D eigenvalue weighted by atomic mass is 9.84. The van der Waals surface area contributed by atoms with Crippen molar-refractivity contribution in [3.05, 3.63) is 72.4 Å². The minimum Gasteiger partial charge on any atom is -0.291 e. The lowest BCUT2D eigenvalue weighted by Crippen LogP contribution is -2.56. The number of non-ortho nitro benzene ring substituents is 1. The Bertz CT molecular complexity index is 1420. The van der Waals surface area contributed by atoms with E-state index in [1.165, 1.54) is 6.07 Å². The normalized spacial score (nSPS) is 29.2. The quantitative estimate of drug-likeness (QED) is 0.136. The molecular formula is C22H11Cl6N3O6S. The van der Waals surface area contributed by atoms with Gasteiger partial charge in [-0.05, 0) is 23.6 Å². The van der Waals surface area contributed by atoms with Crippen LogP contribution in [-0.2, 0) is 9.59 Å². The van der Waals surface area contributed by atoms with Crippen LogP contribution in [0, 0.1) is 22.0 Å². The summed E-state index contributed by atoms with van der Waals surface area (Å²) in [7, 11) is 0. The first-order valence-electron chi connectivity index (χ1n) is 10.5. The molecule has 16 heteroatoms. The average Bonchev–Trinajstić information content (AvgIpc) is 3.56. The number of nitro groups is 1. The highest BCUT2D eigenvalue weighted by Gasteiger charge is 2.88. The molecule has 1 aromatic carbocycles. The summed E-state index contributed by atoms with van der Waals surface area (Å²) in [5.41, 5.74) is -0.444. The van der Waals surface area contributed by atoms with Crippen LogP contribution in [0.5, 0.6) is 0 Å². The lowest BCUT2D eigenvalue weighted by molar-refractivity contribution is -0.384. The summed E-state index contributed by atoms with van der Waals surface area (Å²) in [6, 6.07) is 7.50. The fraction of sp³-hybridized carbons (Fsp3) is 0.273. The van der Waals surface area contributed by atoms with Crippen LogP contribution in [-0.4, -0.2) is 59.1 Å². The number of hydrazine groups is 1. The van der Waals surface area contributed by atoms with E-state index in [-0.39, 0.29) is 26.2 Å². The van der Waals surface area contributed by atoms with Gasteiger partial charge in [0.15, 0.2) is 10.1 Å². The number of benzene rings is 1. The number of thiophene rings is 1. The number of rotatable bonds is 6. The molecule has 0 radical (unpaired) electrons. The molecule has 4 atom stereocenters. The lowest BCUT2D eigenvalue weighted by Gasteiger charge is -2.36. The van der Waals surface area contributed by atoms with Gasteiger partial charge in [-0.2, -0.15) is 5.01 Å². The molecule has 38 heavy (non-hydrogen) atoms. The number of ketones is 1. The Hall–Kier alpha value is -1.92. The van der Waals surface area contributed by atoms with Gasteiger partial charge in [-0.25, -0.2) is 5.01 Å². The Balaban J connectivity index is 1.59. The third kappa shape index (κ3) is 3.38. The number of alkyl halides is 4. The number of carbonyl (C=O) groups excluding carboxylic acids is 4. The van der Waals surface area contributed by atoms with Crippen molar-refractivity contribution in [1.82, 2.24) is 10.0 Å². The Morgan fingerprint density at radius 1 is 0.974 bits per heavy atom. The molecule has 1 saturated heterocycles. The molecule has 1 aromatic heterocycles. The van der Waals surface area contributed by atoms with E-state index in [9.17, 15) is 29.3 Å². The maximum absolute atomic E-state index is 13.8. The van der Waals surface area contributed by atoms with Crippen LogP contribution in [0.4, 0.5) is 5.69 Å². The number of nitro benzene ring substituents is 1. The molecule has 3 amide bonds. The number of fused-ring (bicyclic) bond motifs is 5. The average molecular weight is 658 g/mol. The van der Waals surface area contributed by atoms with Crippen LogP contribution in [0.25, 0.3) is 0 Å². The van der Waals surface area contributed by atoms with E-state index in [2.05, 4.69) is 0 Å². The molecule has 0 spiro atoms. The number of hydrogen-bond donors (Lipinski definition) is 0. The zero-order valence-electron chi connectivity index (χ0n) is 18.4. The summed E-state index contributed by atoms with van der Waals surface area (Å²) in [5.74, 6) is -6.67. The smallest absolute Gasteiger partial charge is 0.273 e. The van der Waals surface area contributed by atoms with Gasteiger partial charge in [-0.1, -0.05) is 52.5 Å². The Morgan fingerprint density at radius 2 is 1.50 bits per heavy atom. The summed E-state index contributed by atoms with van der Waals surface area (Å²) >= 11 is 40.2. The number of allylic oxidation sites excluding steroid dienone is 2. The molecule has 2 heterocycles. The van der Waals surface area contributed by atoms with Gasteiger partial charge in [-0.3, -0.25) is 29.3 Å². The molecule has 0 N–H and O–H groups in total. The van der Waals surface area contributed by atoms with Gasteiger partial charge >= 0.3 is 0 Å². The van der Waals surface area contributed by atoms with Gasteiger partial charge in [0.2, 0.25) is 0 Å². The molecule has 3 aliphatic rings. The number of carbonyl (C=O) groups is 4. The number of nitrogens with zero attached hydrogens (tertiary/aromatic N) is 3. The Morgan fingerprint density at radius 3 is 1.95 bits per heavy atom. The van der Waals surface area contributed by atoms with Gasteiger partial charge in [0.05, 0.1) is 31.7 Å². The number of hydrogen-bond acceptors (Lipinski definition) is 7. The first-order valence-corrected chi connectivity index (χ1v) is 13.7. The van der Waals surface area contributed by atoms with Crippen molar-refractivity contribution in [3.63, 3.8) is 0 Å². The Labute approximate surface area is 247 Å². The first kappa shape index (κ1) is 27.6. The standard InChI is InChI=1S/C22H11Cl6N3O6S/c23-15-16(24)21(26)14-13(20(15,25)22(21,27)28)18(34)30(19(14)35)29(8-11(32)12-2-1-7-38-12)17(33)9-3-5-10(6-4-9)31(36)37/h1-7,13-14H,8H2/t13-,14-,20+,21+/m0/s1. The number of imide groups is 1. The van der Waals surface area contributed by atoms with Crippen LogP contribution >= 0.6 is 80.9 Å². The van der Waals surface area contributed by atoms with E-state index >= 15 is 0 Å². The molecule has 2 bridgehead atoms. The monoisotopic (exact) mass is 655 g/mol. The molecule has 2 fully saturated rings. The van der Waals surface area contributed by atoms with Crippen molar-refractivity contribution in [2.75, 3.05) is 6.54 Å². The van der Waals surface area contributed by atoms with E-state index in [4.69, 9.17) is 69.6 Å². The number of halogens is 6. The highest BCUT2D eigenvalue weighted by Crippen LogP contribution is 2.77. The van der Waals surface area contributed by atoms with Gasteiger partial charge in [0, 0.05) is 17.7 Å². The Kier molecular flexibility index (Phi) is 6.59. The summed E-state index contributed by atoms with van der Waals surface area (Å²) < 4.78 is -2.18. The second-order valence-corrected chi connectivity index (χ2v) is 12.9. The van der Waals surface area contributed by atoms with E-state index < -0.39 is 60.9 Å².